The summed E-state index contributed by atoms with van der Waals surface area (Å²) in [6, 6.07) is 9.73. The molecule has 0 aliphatic rings. The number of aromatic nitrogens is 2. The van der Waals surface area contributed by atoms with Gasteiger partial charge in [0.25, 0.3) is 0 Å². The molecule has 0 atom stereocenters. The first-order valence-electron chi connectivity index (χ1n) is 7.91. The van der Waals surface area contributed by atoms with Gasteiger partial charge in [0.2, 0.25) is 5.91 Å². The maximum Gasteiger partial charge on any atom is 0.244 e. The molecule has 1 amide bonds. The van der Waals surface area contributed by atoms with Crippen molar-refractivity contribution in [1.29, 1.82) is 0 Å². The molecule has 130 valence electrons. The van der Waals surface area contributed by atoms with E-state index < -0.39 is 5.60 Å². The first-order chi connectivity index (χ1) is 11.2. The third kappa shape index (κ3) is 4.82. The second kappa shape index (κ2) is 7.36. The highest BCUT2D eigenvalue weighted by Crippen LogP contribution is 2.19. The molecule has 2 aromatic rings. The Hall–Kier alpha value is -1.85. The third-order valence-corrected chi connectivity index (χ3v) is 4.27. The second-order valence-corrected chi connectivity index (χ2v) is 7.07. The van der Waals surface area contributed by atoms with Gasteiger partial charge < -0.3 is 10.0 Å². The molecule has 0 aliphatic heterocycles. The predicted octanol–water partition coefficient (Wildman–Crippen LogP) is 2.95. The molecule has 1 aromatic heterocycles. The van der Waals surface area contributed by atoms with Gasteiger partial charge in [0.15, 0.2) is 0 Å². The topological polar surface area (TPSA) is 58.4 Å². The average Bonchev–Trinajstić information content (AvgIpc) is 2.73. The van der Waals surface area contributed by atoms with Crippen molar-refractivity contribution in [3.05, 3.63) is 52.3 Å². The smallest absolute Gasteiger partial charge is 0.244 e. The van der Waals surface area contributed by atoms with Crippen LogP contribution >= 0.6 is 11.6 Å². The number of aliphatic hydroxyl groups is 1. The largest absolute Gasteiger partial charge is 0.389 e. The third-order valence-electron chi connectivity index (χ3n) is 3.72. The standard InChI is InChI=1S/C18H24ClN3O2/c1-13-17(19)14(2)22(20-13)11-16(23)21(12-18(3,4)24)10-15-8-6-5-7-9-15/h5-9,24H,10-12H2,1-4H3. The molecule has 24 heavy (non-hydrogen) atoms. The van der Waals surface area contributed by atoms with Crippen molar-refractivity contribution in [3.63, 3.8) is 0 Å². The fourth-order valence-corrected chi connectivity index (χ4v) is 2.70. The van der Waals surface area contributed by atoms with Crippen molar-refractivity contribution < 1.29 is 9.90 Å². The van der Waals surface area contributed by atoms with Gasteiger partial charge in [-0.25, -0.2) is 0 Å². The zero-order valence-corrected chi connectivity index (χ0v) is 15.3. The van der Waals surface area contributed by atoms with Gasteiger partial charge in [-0.15, -0.1) is 0 Å². The maximum atomic E-state index is 12.8. The molecule has 2 rings (SSSR count). The number of halogens is 1. The first kappa shape index (κ1) is 18.5. The molecule has 0 aliphatic carbocycles. The Morgan fingerprint density at radius 1 is 1.29 bits per heavy atom. The van der Waals surface area contributed by atoms with E-state index in [0.29, 0.717) is 17.3 Å². The molecule has 1 N–H and O–H groups in total. The van der Waals surface area contributed by atoms with Crippen LogP contribution in [0.15, 0.2) is 30.3 Å². The molecule has 1 heterocycles. The zero-order valence-electron chi connectivity index (χ0n) is 14.6. The van der Waals surface area contributed by atoms with Crippen LogP contribution in [0.25, 0.3) is 0 Å². The molecule has 0 saturated heterocycles. The van der Waals surface area contributed by atoms with Crippen molar-refractivity contribution in [2.75, 3.05) is 6.54 Å². The number of rotatable bonds is 6. The Kier molecular flexibility index (Phi) is 5.67. The molecule has 0 unspecified atom stereocenters. The van der Waals surface area contributed by atoms with Crippen LogP contribution in [0, 0.1) is 13.8 Å². The number of carbonyl (C=O) groups is 1. The molecule has 0 saturated carbocycles. The van der Waals surface area contributed by atoms with Crippen LogP contribution in [-0.2, 0) is 17.9 Å². The van der Waals surface area contributed by atoms with Crippen LogP contribution in [0.2, 0.25) is 5.02 Å². The average molecular weight is 350 g/mol. The van der Waals surface area contributed by atoms with E-state index in [-0.39, 0.29) is 19.0 Å². The molecule has 1 aromatic carbocycles. The van der Waals surface area contributed by atoms with Gasteiger partial charge in [0.05, 0.1) is 22.0 Å². The van der Waals surface area contributed by atoms with Crippen molar-refractivity contribution in [2.45, 2.75) is 46.4 Å². The summed E-state index contributed by atoms with van der Waals surface area (Å²) in [5.41, 5.74) is 1.52. The Balaban J connectivity index is 2.19. The molecule has 0 radical (unpaired) electrons. The first-order valence-corrected chi connectivity index (χ1v) is 8.29. The van der Waals surface area contributed by atoms with Crippen molar-refractivity contribution in [1.82, 2.24) is 14.7 Å². The number of carbonyl (C=O) groups excluding carboxylic acids is 1. The summed E-state index contributed by atoms with van der Waals surface area (Å²) in [6.45, 7) is 7.83. The lowest BCUT2D eigenvalue weighted by Crippen LogP contribution is -2.43. The van der Waals surface area contributed by atoms with Crippen molar-refractivity contribution in [3.8, 4) is 0 Å². The predicted molar refractivity (Wildman–Crippen MR) is 94.9 cm³/mol. The fourth-order valence-electron chi connectivity index (χ4n) is 2.56. The van der Waals surface area contributed by atoms with Crippen LogP contribution in [0.3, 0.4) is 0 Å². The Morgan fingerprint density at radius 2 is 1.92 bits per heavy atom. The van der Waals surface area contributed by atoms with Gasteiger partial charge >= 0.3 is 0 Å². The van der Waals surface area contributed by atoms with Crippen LogP contribution in [-0.4, -0.2) is 37.8 Å². The highest BCUT2D eigenvalue weighted by Gasteiger charge is 2.24. The van der Waals surface area contributed by atoms with E-state index in [1.807, 2.05) is 44.2 Å². The van der Waals surface area contributed by atoms with Gasteiger partial charge in [-0.3, -0.25) is 9.48 Å². The Morgan fingerprint density at radius 3 is 2.42 bits per heavy atom. The summed E-state index contributed by atoms with van der Waals surface area (Å²) < 4.78 is 1.61. The Bertz CT molecular complexity index is 705. The normalized spacial score (nSPS) is 11.6. The molecule has 0 spiro atoms. The van der Waals surface area contributed by atoms with E-state index in [9.17, 15) is 9.90 Å². The number of benzene rings is 1. The summed E-state index contributed by atoms with van der Waals surface area (Å²) in [4.78, 5) is 14.4. The van der Waals surface area contributed by atoms with Gasteiger partial charge in [0, 0.05) is 13.1 Å². The SMILES string of the molecule is Cc1nn(CC(=O)N(Cc2ccccc2)CC(C)(C)O)c(C)c1Cl. The lowest BCUT2D eigenvalue weighted by atomic mass is 10.1. The summed E-state index contributed by atoms with van der Waals surface area (Å²) in [7, 11) is 0. The molecule has 6 heteroatoms. The molecular formula is C18H24ClN3O2. The number of nitrogens with zero attached hydrogens (tertiary/aromatic N) is 3. The molecule has 0 bridgehead atoms. The van der Waals surface area contributed by atoms with Crippen LogP contribution in [0.5, 0.6) is 0 Å². The minimum Gasteiger partial charge on any atom is -0.389 e. The highest BCUT2D eigenvalue weighted by molar-refractivity contribution is 6.31. The Labute approximate surface area is 147 Å². The number of hydrogen-bond donors (Lipinski definition) is 1. The monoisotopic (exact) mass is 349 g/mol. The van der Waals surface area contributed by atoms with Gasteiger partial charge in [-0.1, -0.05) is 41.9 Å². The van der Waals surface area contributed by atoms with Crippen LogP contribution in [0.4, 0.5) is 0 Å². The number of hydrogen-bond acceptors (Lipinski definition) is 3. The molecular weight excluding hydrogens is 326 g/mol. The van der Waals surface area contributed by atoms with E-state index in [1.165, 1.54) is 0 Å². The van der Waals surface area contributed by atoms with Gasteiger partial charge in [-0.05, 0) is 33.3 Å². The summed E-state index contributed by atoms with van der Waals surface area (Å²) in [6.07, 6.45) is 0. The number of aryl methyl sites for hydroxylation is 1. The minimum atomic E-state index is -0.975. The van der Waals surface area contributed by atoms with Gasteiger partial charge in [0.1, 0.15) is 6.54 Å². The lowest BCUT2D eigenvalue weighted by Gasteiger charge is -2.29. The van der Waals surface area contributed by atoms with Crippen LogP contribution in [0.1, 0.15) is 30.8 Å². The minimum absolute atomic E-state index is 0.0995. The number of amides is 1. The van der Waals surface area contributed by atoms with Crippen molar-refractivity contribution in [2.24, 2.45) is 0 Å². The zero-order chi connectivity index (χ0) is 17.9. The van der Waals surface area contributed by atoms with E-state index in [4.69, 9.17) is 11.6 Å². The van der Waals surface area contributed by atoms with E-state index >= 15 is 0 Å². The van der Waals surface area contributed by atoms with E-state index in [1.54, 1.807) is 23.4 Å². The lowest BCUT2D eigenvalue weighted by molar-refractivity contribution is -0.135. The molecule has 5 nitrogen and oxygen atoms in total. The van der Waals surface area contributed by atoms with Crippen LogP contribution < -0.4 is 0 Å². The van der Waals surface area contributed by atoms with E-state index in [2.05, 4.69) is 5.10 Å². The highest BCUT2D eigenvalue weighted by atomic mass is 35.5. The summed E-state index contributed by atoms with van der Waals surface area (Å²) in [5.74, 6) is -0.108. The van der Waals surface area contributed by atoms with E-state index in [0.717, 1.165) is 11.3 Å². The van der Waals surface area contributed by atoms with Crippen molar-refractivity contribution >= 4 is 17.5 Å². The molecule has 0 fully saturated rings. The fraction of sp³-hybridized carbons (Fsp3) is 0.444. The van der Waals surface area contributed by atoms with Gasteiger partial charge in [-0.2, -0.15) is 5.10 Å². The second-order valence-electron chi connectivity index (χ2n) is 6.69. The quantitative estimate of drug-likeness (QED) is 0.872. The maximum absolute atomic E-state index is 12.8. The summed E-state index contributed by atoms with van der Waals surface area (Å²) in [5, 5.41) is 15.0. The summed E-state index contributed by atoms with van der Waals surface area (Å²) >= 11 is 6.15.